The number of carbonyl (C=O) groups is 1. The van der Waals surface area contributed by atoms with Crippen molar-refractivity contribution in [3.05, 3.63) is 0 Å². The van der Waals surface area contributed by atoms with Crippen molar-refractivity contribution < 1.29 is 9.22 Å². The molecule has 1 fully saturated rings. The highest BCUT2D eigenvalue weighted by Crippen LogP contribution is 2.27. The fraction of sp³-hybridized carbons (Fsp3) is 0.923. The predicted molar refractivity (Wildman–Crippen MR) is 73.6 cm³/mol. The molecule has 0 radical (unpaired) electrons. The third-order valence-electron chi connectivity index (χ3n) is 4.08. The van der Waals surface area contributed by atoms with E-state index >= 15 is 0 Å². The summed E-state index contributed by atoms with van der Waals surface area (Å²) in [4.78, 5) is 13.9. The molecule has 1 heterocycles. The molecule has 0 N–H and O–H groups in total. The van der Waals surface area contributed by atoms with Crippen molar-refractivity contribution in [1.82, 2.24) is 4.90 Å². The van der Waals surface area contributed by atoms with Gasteiger partial charge >= 0.3 is 0 Å². The topological polar surface area (TPSA) is 29.5 Å². The number of nitrogens with zero attached hydrogens (tertiary/aromatic N) is 1. The van der Waals surface area contributed by atoms with Crippen LogP contribution in [0.15, 0.2) is 0 Å². The first-order valence-corrected chi connectivity index (χ1v) is 9.62. The fourth-order valence-electron chi connectivity index (χ4n) is 2.40. The molecule has 0 aromatic rings. The maximum absolute atomic E-state index is 11.9. The van der Waals surface area contributed by atoms with E-state index in [0.29, 0.717) is 0 Å². The summed E-state index contributed by atoms with van der Waals surface area (Å²) in [6.45, 7) is 10.5. The summed E-state index contributed by atoms with van der Waals surface area (Å²) in [5, 5.41) is 0. The molecule has 1 saturated heterocycles. The quantitative estimate of drug-likeness (QED) is 0.494. The zero-order chi connectivity index (χ0) is 12.9. The largest absolute Gasteiger partial charge is 0.404 e. The van der Waals surface area contributed by atoms with Crippen LogP contribution in [-0.2, 0) is 9.22 Å². The molecule has 1 rings (SSSR count). The van der Waals surface area contributed by atoms with Gasteiger partial charge in [-0.2, -0.15) is 0 Å². The summed E-state index contributed by atoms with van der Waals surface area (Å²) in [5.41, 5.74) is 0. The number of rotatable bonds is 8. The first kappa shape index (κ1) is 14.7. The lowest BCUT2D eigenvalue weighted by atomic mass is 10.1. The Morgan fingerprint density at radius 1 is 1.24 bits per heavy atom. The summed E-state index contributed by atoms with van der Waals surface area (Å²) in [7, 11) is -1.60. The molecule has 1 aliphatic rings. The minimum atomic E-state index is -1.60. The van der Waals surface area contributed by atoms with Gasteiger partial charge in [0.2, 0.25) is 0 Å². The number of amides is 1. The lowest BCUT2D eigenvalue weighted by Gasteiger charge is -2.43. The van der Waals surface area contributed by atoms with Gasteiger partial charge in [0, 0.05) is 6.54 Å². The Kier molecular flexibility index (Phi) is 5.66. The lowest BCUT2D eigenvalue weighted by Crippen LogP contribution is -2.61. The van der Waals surface area contributed by atoms with Crippen molar-refractivity contribution in [2.45, 2.75) is 64.8 Å². The maximum atomic E-state index is 11.9. The molecular formula is C13H27NO2Si. The number of hydrogen-bond donors (Lipinski definition) is 0. The van der Waals surface area contributed by atoms with Crippen LogP contribution < -0.4 is 0 Å². The molecule has 0 aliphatic carbocycles. The molecule has 0 spiro atoms. The standard InChI is InChI=1S/C13H27NO2Si/c1-5-9-10-14-11-12(13(14)15)16-17(6-2,7-3)8-4/h12H,5-11H2,1-4H3. The van der Waals surface area contributed by atoms with Crippen molar-refractivity contribution in [2.75, 3.05) is 13.1 Å². The van der Waals surface area contributed by atoms with Gasteiger partial charge in [0.15, 0.2) is 8.32 Å². The monoisotopic (exact) mass is 257 g/mol. The second kappa shape index (κ2) is 6.54. The summed E-state index contributed by atoms with van der Waals surface area (Å²) in [5.74, 6) is 0.227. The Labute approximate surface area is 107 Å². The van der Waals surface area contributed by atoms with Crippen LogP contribution in [0.5, 0.6) is 0 Å². The molecule has 1 amide bonds. The Morgan fingerprint density at radius 2 is 1.82 bits per heavy atom. The van der Waals surface area contributed by atoms with Crippen molar-refractivity contribution in [1.29, 1.82) is 0 Å². The van der Waals surface area contributed by atoms with Gasteiger partial charge in [-0.25, -0.2) is 0 Å². The van der Waals surface area contributed by atoms with Crippen LogP contribution in [-0.4, -0.2) is 38.3 Å². The van der Waals surface area contributed by atoms with Gasteiger partial charge in [-0.05, 0) is 24.6 Å². The first-order chi connectivity index (χ1) is 8.12. The average molecular weight is 257 g/mol. The third-order valence-corrected chi connectivity index (χ3v) is 8.73. The van der Waals surface area contributed by atoms with Gasteiger partial charge < -0.3 is 9.33 Å². The minimum Gasteiger partial charge on any atom is -0.404 e. The SMILES string of the molecule is CCCCN1CC(O[Si](CC)(CC)CC)C1=O. The zero-order valence-electron chi connectivity index (χ0n) is 11.8. The Morgan fingerprint density at radius 3 is 2.24 bits per heavy atom. The van der Waals surface area contributed by atoms with Gasteiger partial charge in [-0.3, -0.25) is 4.79 Å². The molecule has 0 aromatic heterocycles. The molecule has 3 nitrogen and oxygen atoms in total. The predicted octanol–water partition coefficient (Wildman–Crippen LogP) is 3.02. The highest BCUT2D eigenvalue weighted by Gasteiger charge is 2.42. The van der Waals surface area contributed by atoms with E-state index in [4.69, 9.17) is 4.43 Å². The summed E-state index contributed by atoms with van der Waals surface area (Å²) in [6, 6.07) is 3.37. The van der Waals surface area contributed by atoms with E-state index in [9.17, 15) is 4.79 Å². The molecule has 4 heteroatoms. The van der Waals surface area contributed by atoms with Gasteiger partial charge in [-0.1, -0.05) is 34.1 Å². The van der Waals surface area contributed by atoms with Gasteiger partial charge in [-0.15, -0.1) is 0 Å². The Balaban J connectivity index is 2.42. The Hall–Kier alpha value is -0.353. The fourth-order valence-corrected chi connectivity index (χ4v) is 5.18. The molecule has 0 aromatic carbocycles. The van der Waals surface area contributed by atoms with Gasteiger partial charge in [0.1, 0.15) is 6.10 Å². The van der Waals surface area contributed by atoms with Crippen molar-refractivity contribution in [3.63, 3.8) is 0 Å². The number of β-lactam (4-membered cyclic amide) rings is 1. The molecule has 1 atom stereocenters. The number of likely N-dealkylation sites (tertiary alicyclic amines) is 1. The zero-order valence-corrected chi connectivity index (χ0v) is 12.8. The van der Waals surface area contributed by atoms with Crippen LogP contribution in [0.2, 0.25) is 18.1 Å². The van der Waals surface area contributed by atoms with Crippen molar-refractivity contribution in [2.24, 2.45) is 0 Å². The van der Waals surface area contributed by atoms with E-state index in [1.54, 1.807) is 0 Å². The number of carbonyl (C=O) groups excluding carboxylic acids is 1. The summed E-state index contributed by atoms with van der Waals surface area (Å²) >= 11 is 0. The Bertz CT molecular complexity index is 246. The van der Waals surface area contributed by atoms with Crippen molar-refractivity contribution in [3.8, 4) is 0 Å². The van der Waals surface area contributed by atoms with E-state index in [2.05, 4.69) is 27.7 Å². The van der Waals surface area contributed by atoms with E-state index in [-0.39, 0.29) is 12.0 Å². The first-order valence-electron chi connectivity index (χ1n) is 7.09. The van der Waals surface area contributed by atoms with Gasteiger partial charge in [0.25, 0.3) is 5.91 Å². The number of hydrogen-bond acceptors (Lipinski definition) is 2. The van der Waals surface area contributed by atoms with Crippen LogP contribution in [0.4, 0.5) is 0 Å². The molecule has 0 saturated carbocycles. The summed E-state index contributed by atoms with van der Waals surface area (Å²) in [6.07, 6.45) is 2.14. The maximum Gasteiger partial charge on any atom is 0.252 e. The van der Waals surface area contributed by atoms with Crippen LogP contribution in [0.25, 0.3) is 0 Å². The highest BCUT2D eigenvalue weighted by atomic mass is 28.4. The average Bonchev–Trinajstić information content (AvgIpc) is 2.38. The normalized spacial score (nSPS) is 20.6. The molecular weight excluding hydrogens is 230 g/mol. The highest BCUT2D eigenvalue weighted by molar-refractivity contribution is 6.73. The van der Waals surface area contributed by atoms with E-state index in [0.717, 1.165) is 44.1 Å². The third kappa shape index (κ3) is 3.32. The van der Waals surface area contributed by atoms with E-state index < -0.39 is 8.32 Å². The lowest BCUT2D eigenvalue weighted by molar-refractivity contribution is -0.154. The van der Waals surface area contributed by atoms with Crippen LogP contribution in [0, 0.1) is 0 Å². The van der Waals surface area contributed by atoms with E-state index in [1.165, 1.54) is 0 Å². The second-order valence-electron chi connectivity index (χ2n) is 4.99. The van der Waals surface area contributed by atoms with Crippen LogP contribution in [0.1, 0.15) is 40.5 Å². The second-order valence-corrected chi connectivity index (χ2v) is 9.71. The number of unbranched alkanes of at least 4 members (excludes halogenated alkanes) is 1. The minimum absolute atomic E-state index is 0.113. The molecule has 17 heavy (non-hydrogen) atoms. The van der Waals surface area contributed by atoms with Crippen molar-refractivity contribution >= 4 is 14.2 Å². The molecule has 1 aliphatic heterocycles. The molecule has 0 bridgehead atoms. The van der Waals surface area contributed by atoms with Crippen LogP contribution in [0.3, 0.4) is 0 Å². The van der Waals surface area contributed by atoms with E-state index in [1.807, 2.05) is 4.90 Å². The molecule has 1 unspecified atom stereocenters. The molecule has 100 valence electrons. The van der Waals surface area contributed by atoms with Crippen LogP contribution >= 0.6 is 0 Å². The smallest absolute Gasteiger partial charge is 0.252 e. The van der Waals surface area contributed by atoms with Gasteiger partial charge in [0.05, 0.1) is 6.54 Å². The summed E-state index contributed by atoms with van der Waals surface area (Å²) < 4.78 is 6.19.